The summed E-state index contributed by atoms with van der Waals surface area (Å²) in [4.78, 5) is 2.11. The SMILES string of the molecule is CC[C@@]1(C(F)F)CN(Cc2ccccc2)CCN1. The second kappa shape index (κ2) is 5.76. The van der Waals surface area contributed by atoms with E-state index in [0.717, 1.165) is 13.1 Å². The van der Waals surface area contributed by atoms with Crippen molar-refractivity contribution >= 4 is 0 Å². The highest BCUT2D eigenvalue weighted by Gasteiger charge is 2.41. The summed E-state index contributed by atoms with van der Waals surface area (Å²) >= 11 is 0. The van der Waals surface area contributed by atoms with Gasteiger partial charge in [-0.1, -0.05) is 37.3 Å². The van der Waals surface area contributed by atoms with Crippen LogP contribution in [0.4, 0.5) is 8.78 Å². The van der Waals surface area contributed by atoms with Crippen molar-refractivity contribution in [3.8, 4) is 0 Å². The molecule has 0 spiro atoms. The molecule has 1 aromatic carbocycles. The van der Waals surface area contributed by atoms with E-state index in [-0.39, 0.29) is 0 Å². The number of benzene rings is 1. The van der Waals surface area contributed by atoms with Crippen molar-refractivity contribution in [3.05, 3.63) is 35.9 Å². The normalized spacial score (nSPS) is 25.6. The van der Waals surface area contributed by atoms with Crippen LogP contribution in [0, 0.1) is 0 Å². The number of rotatable bonds is 4. The van der Waals surface area contributed by atoms with Gasteiger partial charge in [0, 0.05) is 26.2 Å². The minimum absolute atomic E-state index is 0.413. The Kier molecular flexibility index (Phi) is 4.30. The van der Waals surface area contributed by atoms with Gasteiger partial charge in [0.2, 0.25) is 0 Å². The number of nitrogens with zero attached hydrogens (tertiary/aromatic N) is 1. The molecule has 1 aliphatic heterocycles. The summed E-state index contributed by atoms with van der Waals surface area (Å²) in [6.45, 7) is 4.44. The van der Waals surface area contributed by atoms with E-state index >= 15 is 0 Å². The van der Waals surface area contributed by atoms with Gasteiger partial charge in [-0.25, -0.2) is 8.78 Å². The Morgan fingerprint density at radius 2 is 2.06 bits per heavy atom. The predicted molar refractivity (Wildman–Crippen MR) is 68.7 cm³/mol. The zero-order valence-electron chi connectivity index (χ0n) is 10.7. The zero-order valence-corrected chi connectivity index (χ0v) is 10.7. The van der Waals surface area contributed by atoms with Gasteiger partial charge in [0.15, 0.2) is 0 Å². The summed E-state index contributed by atoms with van der Waals surface area (Å²) in [5, 5.41) is 3.01. The van der Waals surface area contributed by atoms with E-state index in [1.165, 1.54) is 5.56 Å². The largest absolute Gasteiger partial charge is 0.304 e. The fraction of sp³-hybridized carbons (Fsp3) is 0.571. The maximum absolute atomic E-state index is 13.2. The van der Waals surface area contributed by atoms with Gasteiger partial charge in [-0.2, -0.15) is 0 Å². The van der Waals surface area contributed by atoms with Crippen LogP contribution in [0.25, 0.3) is 0 Å². The average molecular weight is 254 g/mol. The fourth-order valence-corrected chi connectivity index (χ4v) is 2.51. The molecule has 1 heterocycles. The first-order chi connectivity index (χ1) is 8.66. The lowest BCUT2D eigenvalue weighted by Gasteiger charge is -2.42. The molecule has 100 valence electrons. The summed E-state index contributed by atoms with van der Waals surface area (Å²) < 4.78 is 26.4. The van der Waals surface area contributed by atoms with Crippen LogP contribution >= 0.6 is 0 Å². The van der Waals surface area contributed by atoms with Crippen molar-refractivity contribution in [2.24, 2.45) is 0 Å². The fourth-order valence-electron chi connectivity index (χ4n) is 2.51. The third-order valence-electron chi connectivity index (χ3n) is 3.71. The van der Waals surface area contributed by atoms with E-state index in [9.17, 15) is 8.78 Å². The molecular formula is C14H20F2N2. The van der Waals surface area contributed by atoms with E-state index in [1.807, 2.05) is 37.3 Å². The van der Waals surface area contributed by atoms with E-state index in [4.69, 9.17) is 0 Å². The van der Waals surface area contributed by atoms with Gasteiger partial charge in [0.05, 0.1) is 5.54 Å². The Morgan fingerprint density at radius 1 is 1.33 bits per heavy atom. The Bertz CT molecular complexity index is 369. The molecule has 4 heteroatoms. The lowest BCUT2D eigenvalue weighted by Crippen LogP contribution is -2.63. The molecule has 18 heavy (non-hydrogen) atoms. The molecule has 1 atom stereocenters. The van der Waals surface area contributed by atoms with E-state index < -0.39 is 12.0 Å². The van der Waals surface area contributed by atoms with E-state index in [0.29, 0.717) is 19.5 Å². The molecule has 0 amide bonds. The van der Waals surface area contributed by atoms with Gasteiger partial charge in [-0.3, -0.25) is 4.90 Å². The molecule has 1 saturated heterocycles. The first-order valence-electron chi connectivity index (χ1n) is 6.46. The number of hydrogen-bond acceptors (Lipinski definition) is 2. The smallest absolute Gasteiger partial charge is 0.257 e. The third-order valence-corrected chi connectivity index (χ3v) is 3.71. The first-order valence-corrected chi connectivity index (χ1v) is 6.46. The van der Waals surface area contributed by atoms with Gasteiger partial charge >= 0.3 is 0 Å². The van der Waals surface area contributed by atoms with Crippen molar-refractivity contribution in [2.75, 3.05) is 19.6 Å². The molecule has 1 aliphatic rings. The Hall–Kier alpha value is -1.00. The molecular weight excluding hydrogens is 234 g/mol. The van der Waals surface area contributed by atoms with Crippen LogP contribution in [0.1, 0.15) is 18.9 Å². The van der Waals surface area contributed by atoms with Crippen molar-refractivity contribution in [3.63, 3.8) is 0 Å². The highest BCUT2D eigenvalue weighted by Crippen LogP contribution is 2.24. The van der Waals surface area contributed by atoms with Gasteiger partial charge in [0.25, 0.3) is 6.43 Å². The van der Waals surface area contributed by atoms with Crippen molar-refractivity contribution in [1.82, 2.24) is 10.2 Å². The number of piperazine rings is 1. The summed E-state index contributed by atoms with van der Waals surface area (Å²) in [5.41, 5.74) is 0.145. The van der Waals surface area contributed by atoms with E-state index in [1.54, 1.807) is 0 Å². The maximum Gasteiger partial charge on any atom is 0.257 e. The number of hydrogen-bond donors (Lipinski definition) is 1. The molecule has 1 fully saturated rings. The van der Waals surface area contributed by atoms with Gasteiger partial charge in [0.1, 0.15) is 0 Å². The van der Waals surface area contributed by atoms with Crippen LogP contribution in [-0.2, 0) is 6.54 Å². The topological polar surface area (TPSA) is 15.3 Å². The monoisotopic (exact) mass is 254 g/mol. The molecule has 0 aliphatic carbocycles. The molecule has 0 unspecified atom stereocenters. The quantitative estimate of drug-likeness (QED) is 0.888. The molecule has 1 N–H and O–H groups in total. The first kappa shape index (κ1) is 13.4. The predicted octanol–water partition coefficient (Wildman–Crippen LogP) is 2.51. The van der Waals surface area contributed by atoms with Crippen molar-refractivity contribution in [1.29, 1.82) is 0 Å². The highest BCUT2D eigenvalue weighted by molar-refractivity contribution is 5.15. The minimum Gasteiger partial charge on any atom is -0.304 e. The summed E-state index contributed by atoms with van der Waals surface area (Å²) in [7, 11) is 0. The number of halogens is 2. The molecule has 1 aromatic rings. The van der Waals surface area contributed by atoms with Crippen molar-refractivity contribution < 1.29 is 8.78 Å². The third kappa shape index (κ3) is 2.87. The number of alkyl halides is 2. The zero-order chi connectivity index (χ0) is 13.0. The van der Waals surface area contributed by atoms with Crippen LogP contribution in [0.3, 0.4) is 0 Å². The molecule has 0 bridgehead atoms. The lowest BCUT2D eigenvalue weighted by atomic mass is 9.93. The van der Waals surface area contributed by atoms with Crippen LogP contribution in [-0.4, -0.2) is 36.5 Å². The van der Waals surface area contributed by atoms with Crippen LogP contribution in [0.5, 0.6) is 0 Å². The van der Waals surface area contributed by atoms with Crippen LogP contribution in [0.15, 0.2) is 30.3 Å². The molecule has 0 saturated carbocycles. The Balaban J connectivity index is 2.02. The Morgan fingerprint density at radius 3 is 2.67 bits per heavy atom. The van der Waals surface area contributed by atoms with E-state index in [2.05, 4.69) is 10.2 Å². The summed E-state index contributed by atoms with van der Waals surface area (Å²) in [5.74, 6) is 0. The van der Waals surface area contributed by atoms with Gasteiger partial charge < -0.3 is 5.32 Å². The molecule has 0 aromatic heterocycles. The second-order valence-corrected chi connectivity index (χ2v) is 4.93. The van der Waals surface area contributed by atoms with Gasteiger partial charge in [-0.05, 0) is 12.0 Å². The molecule has 2 nitrogen and oxygen atoms in total. The highest BCUT2D eigenvalue weighted by atomic mass is 19.3. The maximum atomic E-state index is 13.2. The Labute approximate surface area is 107 Å². The lowest BCUT2D eigenvalue weighted by molar-refractivity contribution is -0.0165. The standard InChI is InChI=1S/C14H20F2N2/c1-2-14(13(15)16)11-18(9-8-17-14)10-12-6-4-3-5-7-12/h3-7,13,17H,2,8-11H2,1H3/t14-/m0/s1. The van der Waals surface area contributed by atoms with Crippen LogP contribution < -0.4 is 5.32 Å². The molecule has 2 rings (SSSR count). The van der Waals surface area contributed by atoms with Crippen molar-refractivity contribution in [2.45, 2.75) is 31.9 Å². The summed E-state index contributed by atoms with van der Waals surface area (Å²) in [6.07, 6.45) is -1.86. The second-order valence-electron chi connectivity index (χ2n) is 4.93. The summed E-state index contributed by atoms with van der Waals surface area (Å²) in [6, 6.07) is 10.0. The number of nitrogens with one attached hydrogen (secondary N) is 1. The average Bonchev–Trinajstić information content (AvgIpc) is 2.40. The minimum atomic E-state index is -2.32. The van der Waals surface area contributed by atoms with Crippen LogP contribution in [0.2, 0.25) is 0 Å². The molecule has 0 radical (unpaired) electrons. The van der Waals surface area contributed by atoms with Gasteiger partial charge in [-0.15, -0.1) is 0 Å².